The first-order valence-electron chi connectivity index (χ1n) is 10.9. The minimum Gasteiger partial charge on any atom is -0.493 e. The number of aliphatic hydroxyl groups is 2. The van der Waals surface area contributed by atoms with Gasteiger partial charge in [0.2, 0.25) is 0 Å². The van der Waals surface area contributed by atoms with Gasteiger partial charge in [0.15, 0.2) is 0 Å². The summed E-state index contributed by atoms with van der Waals surface area (Å²) in [5.41, 5.74) is 2.09. The fraction of sp³-hybridized carbons (Fsp3) is 0.520. The van der Waals surface area contributed by atoms with E-state index in [0.717, 1.165) is 23.5 Å². The Morgan fingerprint density at radius 1 is 0.969 bits per heavy atom. The van der Waals surface area contributed by atoms with Gasteiger partial charge in [-0.3, -0.25) is 0 Å². The van der Waals surface area contributed by atoms with Gasteiger partial charge in [-0.05, 0) is 35.4 Å². The maximum Gasteiger partial charge on any atom is 0.119 e. The van der Waals surface area contributed by atoms with Crippen LogP contribution in [0, 0.1) is 5.92 Å². The Balaban J connectivity index is 1.52. The fourth-order valence-corrected chi connectivity index (χ4v) is 3.41. The van der Waals surface area contributed by atoms with Crippen molar-refractivity contribution in [2.45, 2.75) is 31.5 Å². The van der Waals surface area contributed by atoms with Gasteiger partial charge in [-0.15, -0.1) is 11.6 Å². The highest BCUT2D eigenvalue weighted by atomic mass is 35.5. The van der Waals surface area contributed by atoms with Crippen LogP contribution >= 0.6 is 11.6 Å². The van der Waals surface area contributed by atoms with Crippen LogP contribution in [0.25, 0.3) is 0 Å². The van der Waals surface area contributed by atoms with Crippen molar-refractivity contribution >= 4 is 11.6 Å². The molecule has 0 bridgehead atoms. The maximum absolute atomic E-state index is 9.41. The Morgan fingerprint density at radius 2 is 1.50 bits per heavy atom. The van der Waals surface area contributed by atoms with E-state index in [1.54, 1.807) is 0 Å². The summed E-state index contributed by atoms with van der Waals surface area (Å²) in [6.07, 6.45) is -0.623. The number of hydrogen-bond donors (Lipinski definition) is 2. The Morgan fingerprint density at radius 3 is 1.97 bits per heavy atom. The molecule has 6 nitrogen and oxygen atoms in total. The number of halogens is 1. The molecule has 32 heavy (non-hydrogen) atoms. The summed E-state index contributed by atoms with van der Waals surface area (Å²) in [5, 5.41) is 18.3. The molecule has 3 unspecified atom stereocenters. The third-order valence-corrected chi connectivity index (χ3v) is 6.01. The van der Waals surface area contributed by atoms with Crippen LogP contribution in [0.4, 0.5) is 0 Å². The third kappa shape index (κ3) is 7.36. The molecule has 2 N–H and O–H groups in total. The average Bonchev–Trinajstić information content (AvgIpc) is 3.64. The Kier molecular flexibility index (Phi) is 9.20. The standard InChI is InChI=1S/C25H33ClO6/c1-25(2,20-5-9-23(10-6-20)31-15-21(28)12-27)19-3-7-22(8-4-19)30-14-18(11-26)13-29-16-24-17-32-24/h3-10,18,21,24,27-28H,11-17H2,1-2H3. The maximum atomic E-state index is 9.41. The van der Waals surface area contributed by atoms with Crippen LogP contribution in [0.2, 0.25) is 0 Å². The lowest BCUT2D eigenvalue weighted by atomic mass is 9.78. The highest BCUT2D eigenvalue weighted by Gasteiger charge is 2.24. The lowest BCUT2D eigenvalue weighted by Gasteiger charge is -2.26. The highest BCUT2D eigenvalue weighted by molar-refractivity contribution is 6.18. The molecule has 0 saturated carbocycles. The summed E-state index contributed by atoms with van der Waals surface area (Å²) in [7, 11) is 0. The molecule has 0 radical (unpaired) electrons. The molecule has 1 heterocycles. The molecule has 0 aliphatic carbocycles. The van der Waals surface area contributed by atoms with Gasteiger partial charge in [0.25, 0.3) is 0 Å². The van der Waals surface area contributed by atoms with E-state index in [0.29, 0.717) is 31.5 Å². The first-order valence-corrected chi connectivity index (χ1v) is 11.5. The van der Waals surface area contributed by atoms with Crippen molar-refractivity contribution in [1.29, 1.82) is 0 Å². The van der Waals surface area contributed by atoms with Crippen LogP contribution in [0.15, 0.2) is 48.5 Å². The Hall–Kier alpha value is -1.83. The van der Waals surface area contributed by atoms with Crippen molar-refractivity contribution in [2.24, 2.45) is 5.92 Å². The number of epoxide rings is 1. The van der Waals surface area contributed by atoms with E-state index in [1.165, 1.54) is 0 Å². The zero-order valence-electron chi connectivity index (χ0n) is 18.7. The summed E-state index contributed by atoms with van der Waals surface area (Å²) < 4.78 is 22.2. The predicted molar refractivity (Wildman–Crippen MR) is 124 cm³/mol. The quantitative estimate of drug-likeness (QED) is 0.329. The summed E-state index contributed by atoms with van der Waals surface area (Å²) in [6, 6.07) is 15.9. The molecule has 1 fully saturated rings. The lowest BCUT2D eigenvalue weighted by Crippen LogP contribution is -2.22. The molecule has 0 spiro atoms. The minimum atomic E-state index is -0.878. The van der Waals surface area contributed by atoms with Crippen molar-refractivity contribution in [2.75, 3.05) is 45.5 Å². The van der Waals surface area contributed by atoms with Crippen LogP contribution in [-0.2, 0) is 14.9 Å². The van der Waals surface area contributed by atoms with E-state index in [2.05, 4.69) is 26.0 Å². The normalized spacial score (nSPS) is 17.6. The summed E-state index contributed by atoms with van der Waals surface area (Å²) in [5.74, 6) is 2.07. The first-order chi connectivity index (χ1) is 15.4. The molecule has 176 valence electrons. The minimum absolute atomic E-state index is 0.0618. The SMILES string of the molecule is CC(C)(c1ccc(OCC(O)CO)cc1)c1ccc(OCC(CCl)COCC2CO2)cc1. The smallest absolute Gasteiger partial charge is 0.119 e. The van der Waals surface area contributed by atoms with Crippen LogP contribution in [0.1, 0.15) is 25.0 Å². The van der Waals surface area contributed by atoms with Crippen LogP contribution in [0.5, 0.6) is 11.5 Å². The molecular weight excluding hydrogens is 432 g/mol. The number of alkyl halides is 1. The number of hydrogen-bond acceptors (Lipinski definition) is 6. The second-order valence-corrected chi connectivity index (χ2v) is 8.95. The van der Waals surface area contributed by atoms with E-state index >= 15 is 0 Å². The summed E-state index contributed by atoms with van der Waals surface area (Å²) in [4.78, 5) is 0. The number of ether oxygens (including phenoxy) is 4. The van der Waals surface area contributed by atoms with E-state index in [4.69, 9.17) is 35.7 Å². The summed E-state index contributed by atoms with van der Waals surface area (Å²) in [6.45, 7) is 6.55. The van der Waals surface area contributed by atoms with E-state index in [1.807, 2.05) is 36.4 Å². The molecule has 0 amide bonds. The monoisotopic (exact) mass is 464 g/mol. The van der Waals surface area contributed by atoms with Crippen LogP contribution < -0.4 is 9.47 Å². The van der Waals surface area contributed by atoms with E-state index < -0.39 is 6.10 Å². The van der Waals surface area contributed by atoms with Crippen molar-refractivity contribution in [3.8, 4) is 11.5 Å². The molecule has 0 aromatic heterocycles. The zero-order chi connectivity index (χ0) is 23.0. The van der Waals surface area contributed by atoms with Gasteiger partial charge in [-0.1, -0.05) is 38.1 Å². The van der Waals surface area contributed by atoms with E-state index in [-0.39, 0.29) is 30.7 Å². The molecule has 2 aromatic carbocycles. The molecule has 1 saturated heterocycles. The molecule has 1 aliphatic rings. The highest BCUT2D eigenvalue weighted by Crippen LogP contribution is 2.33. The average molecular weight is 465 g/mol. The van der Waals surface area contributed by atoms with Gasteiger partial charge in [0, 0.05) is 17.2 Å². The molecular formula is C25H33ClO6. The van der Waals surface area contributed by atoms with Crippen molar-refractivity contribution in [3.05, 3.63) is 59.7 Å². The molecule has 3 rings (SSSR count). The van der Waals surface area contributed by atoms with Gasteiger partial charge in [-0.25, -0.2) is 0 Å². The molecule has 7 heteroatoms. The second kappa shape index (κ2) is 11.9. The largest absolute Gasteiger partial charge is 0.493 e. The topological polar surface area (TPSA) is 80.7 Å². The van der Waals surface area contributed by atoms with Gasteiger partial charge in [0.1, 0.15) is 30.3 Å². The van der Waals surface area contributed by atoms with Gasteiger partial charge in [-0.2, -0.15) is 0 Å². The molecule has 3 atom stereocenters. The van der Waals surface area contributed by atoms with Gasteiger partial charge >= 0.3 is 0 Å². The number of benzene rings is 2. The predicted octanol–water partition coefficient (Wildman–Crippen LogP) is 3.39. The molecule has 2 aromatic rings. The third-order valence-electron chi connectivity index (χ3n) is 5.57. The fourth-order valence-electron chi connectivity index (χ4n) is 3.23. The first kappa shape index (κ1) is 24.8. The Labute approximate surface area is 195 Å². The van der Waals surface area contributed by atoms with Crippen molar-refractivity contribution in [1.82, 2.24) is 0 Å². The van der Waals surface area contributed by atoms with Crippen molar-refractivity contribution < 1.29 is 29.2 Å². The second-order valence-electron chi connectivity index (χ2n) is 8.65. The lowest BCUT2D eigenvalue weighted by molar-refractivity contribution is 0.0536. The van der Waals surface area contributed by atoms with Crippen molar-refractivity contribution in [3.63, 3.8) is 0 Å². The zero-order valence-corrected chi connectivity index (χ0v) is 19.5. The molecule has 1 aliphatic heterocycles. The number of aliphatic hydroxyl groups excluding tert-OH is 2. The number of rotatable bonds is 14. The van der Waals surface area contributed by atoms with Gasteiger partial charge < -0.3 is 29.2 Å². The summed E-state index contributed by atoms with van der Waals surface area (Å²) >= 11 is 6.05. The van der Waals surface area contributed by atoms with Gasteiger partial charge in [0.05, 0.1) is 33.0 Å². The Bertz CT molecular complexity index is 804. The van der Waals surface area contributed by atoms with Crippen LogP contribution in [-0.4, -0.2) is 67.9 Å². The van der Waals surface area contributed by atoms with E-state index in [9.17, 15) is 5.11 Å². The van der Waals surface area contributed by atoms with Crippen LogP contribution in [0.3, 0.4) is 0 Å².